The van der Waals surface area contributed by atoms with Crippen LogP contribution in [0.5, 0.6) is 5.88 Å². The van der Waals surface area contributed by atoms with E-state index in [4.69, 9.17) is 9.47 Å². The number of nitrogens with zero attached hydrogens (tertiary/aromatic N) is 2. The van der Waals surface area contributed by atoms with Gasteiger partial charge in [0.1, 0.15) is 0 Å². The Morgan fingerprint density at radius 1 is 1.50 bits per heavy atom. The van der Waals surface area contributed by atoms with Crippen molar-refractivity contribution in [1.82, 2.24) is 9.88 Å². The van der Waals surface area contributed by atoms with Crippen molar-refractivity contribution in [3.8, 4) is 5.88 Å². The number of hydrogen-bond donors (Lipinski definition) is 1. The molecular weight excluding hydrogens is 236 g/mol. The van der Waals surface area contributed by atoms with E-state index in [-0.39, 0.29) is 19.1 Å². The number of carbonyl (C=O) groups excluding carboxylic acids is 1. The number of aliphatic hydroxyl groups is 1. The molecule has 1 heterocycles. The van der Waals surface area contributed by atoms with Gasteiger partial charge < -0.3 is 19.5 Å². The van der Waals surface area contributed by atoms with E-state index in [0.717, 1.165) is 0 Å². The first-order valence-electron chi connectivity index (χ1n) is 5.51. The average molecular weight is 254 g/mol. The molecule has 1 unspecified atom stereocenters. The number of ether oxygens (including phenoxy) is 2. The number of methoxy groups -OCH3 is 2. The van der Waals surface area contributed by atoms with Crippen molar-refractivity contribution in [2.45, 2.75) is 6.10 Å². The molecular formula is C12H18N2O4. The summed E-state index contributed by atoms with van der Waals surface area (Å²) in [5.74, 6) is 0.244. The zero-order valence-electron chi connectivity index (χ0n) is 10.8. The summed E-state index contributed by atoms with van der Waals surface area (Å²) >= 11 is 0. The van der Waals surface area contributed by atoms with Crippen LogP contribution in [-0.2, 0) is 4.74 Å². The van der Waals surface area contributed by atoms with Gasteiger partial charge in [0.25, 0.3) is 5.91 Å². The van der Waals surface area contributed by atoms with E-state index in [2.05, 4.69) is 4.98 Å². The number of aliphatic hydroxyl groups excluding tert-OH is 1. The quantitative estimate of drug-likeness (QED) is 0.783. The number of aromatic nitrogens is 1. The van der Waals surface area contributed by atoms with Crippen LogP contribution < -0.4 is 4.74 Å². The highest BCUT2D eigenvalue weighted by molar-refractivity contribution is 5.93. The summed E-state index contributed by atoms with van der Waals surface area (Å²) in [5.41, 5.74) is 0.447. The van der Waals surface area contributed by atoms with E-state index in [1.807, 2.05) is 0 Å². The van der Waals surface area contributed by atoms with Crippen molar-refractivity contribution in [2.24, 2.45) is 0 Å². The summed E-state index contributed by atoms with van der Waals surface area (Å²) in [6.45, 7) is 0.400. The summed E-state index contributed by atoms with van der Waals surface area (Å²) in [4.78, 5) is 17.4. The maximum Gasteiger partial charge on any atom is 0.255 e. The average Bonchev–Trinajstić information content (AvgIpc) is 2.38. The van der Waals surface area contributed by atoms with E-state index in [0.29, 0.717) is 11.4 Å². The van der Waals surface area contributed by atoms with Gasteiger partial charge in [-0.25, -0.2) is 4.98 Å². The largest absolute Gasteiger partial charge is 0.481 e. The minimum atomic E-state index is -0.699. The SMILES string of the molecule is COCC(O)CN(C)C(=O)c1ccc(OC)nc1. The smallest absolute Gasteiger partial charge is 0.255 e. The Bertz CT molecular complexity index is 380. The molecule has 0 fully saturated rings. The second kappa shape index (κ2) is 6.93. The van der Waals surface area contributed by atoms with Crippen LogP contribution in [0.15, 0.2) is 18.3 Å². The summed E-state index contributed by atoms with van der Waals surface area (Å²) in [6, 6.07) is 3.25. The Balaban J connectivity index is 2.62. The topological polar surface area (TPSA) is 71.9 Å². The van der Waals surface area contributed by atoms with Gasteiger partial charge in [0, 0.05) is 33.0 Å². The molecule has 0 aliphatic carbocycles. The summed E-state index contributed by atoms with van der Waals surface area (Å²) in [5, 5.41) is 9.54. The van der Waals surface area contributed by atoms with Crippen LogP contribution in [-0.4, -0.2) is 61.4 Å². The highest BCUT2D eigenvalue weighted by Crippen LogP contribution is 2.08. The number of amides is 1. The fourth-order valence-electron chi connectivity index (χ4n) is 1.49. The molecule has 0 spiro atoms. The van der Waals surface area contributed by atoms with E-state index in [1.165, 1.54) is 25.3 Å². The lowest BCUT2D eigenvalue weighted by Gasteiger charge is -2.20. The van der Waals surface area contributed by atoms with Gasteiger partial charge in [0.05, 0.1) is 25.4 Å². The highest BCUT2D eigenvalue weighted by Gasteiger charge is 2.15. The van der Waals surface area contributed by atoms with Gasteiger partial charge in [-0.1, -0.05) is 0 Å². The maximum absolute atomic E-state index is 12.0. The first kappa shape index (κ1) is 14.4. The summed E-state index contributed by atoms with van der Waals surface area (Å²) in [6.07, 6.45) is 0.746. The van der Waals surface area contributed by atoms with Crippen molar-refractivity contribution in [3.63, 3.8) is 0 Å². The van der Waals surface area contributed by atoms with Crippen molar-refractivity contribution < 1.29 is 19.4 Å². The van der Waals surface area contributed by atoms with E-state index < -0.39 is 6.10 Å². The maximum atomic E-state index is 12.0. The van der Waals surface area contributed by atoms with Crippen molar-refractivity contribution in [1.29, 1.82) is 0 Å². The lowest BCUT2D eigenvalue weighted by atomic mass is 10.2. The van der Waals surface area contributed by atoms with Crippen LogP contribution in [0.25, 0.3) is 0 Å². The highest BCUT2D eigenvalue weighted by atomic mass is 16.5. The molecule has 1 aromatic heterocycles. The van der Waals surface area contributed by atoms with E-state index in [1.54, 1.807) is 19.2 Å². The molecule has 1 N–H and O–H groups in total. The molecule has 0 saturated heterocycles. The molecule has 1 amide bonds. The molecule has 1 rings (SSSR count). The number of pyridine rings is 1. The van der Waals surface area contributed by atoms with Crippen LogP contribution in [0.1, 0.15) is 10.4 Å². The van der Waals surface area contributed by atoms with Gasteiger partial charge in [-0.3, -0.25) is 4.79 Å². The molecule has 0 saturated carbocycles. The van der Waals surface area contributed by atoms with Crippen LogP contribution in [0.4, 0.5) is 0 Å². The molecule has 0 aliphatic heterocycles. The Morgan fingerprint density at radius 3 is 2.72 bits per heavy atom. The molecule has 0 aromatic carbocycles. The normalized spacial score (nSPS) is 12.0. The standard InChI is InChI=1S/C12H18N2O4/c1-14(7-10(15)8-17-2)12(16)9-4-5-11(18-3)13-6-9/h4-6,10,15H,7-8H2,1-3H3. The van der Waals surface area contributed by atoms with Crippen LogP contribution in [0.2, 0.25) is 0 Å². The third kappa shape index (κ3) is 3.97. The Hall–Kier alpha value is -1.66. The van der Waals surface area contributed by atoms with Gasteiger partial charge in [-0.05, 0) is 6.07 Å². The van der Waals surface area contributed by atoms with Crippen molar-refractivity contribution in [2.75, 3.05) is 34.4 Å². The molecule has 0 bridgehead atoms. The van der Waals surface area contributed by atoms with Crippen molar-refractivity contribution in [3.05, 3.63) is 23.9 Å². The first-order valence-corrected chi connectivity index (χ1v) is 5.51. The second-order valence-corrected chi connectivity index (χ2v) is 3.88. The second-order valence-electron chi connectivity index (χ2n) is 3.88. The van der Waals surface area contributed by atoms with Crippen LogP contribution in [0, 0.1) is 0 Å². The number of hydrogen-bond acceptors (Lipinski definition) is 5. The molecule has 1 atom stereocenters. The third-order valence-corrected chi connectivity index (χ3v) is 2.38. The Morgan fingerprint density at radius 2 is 2.22 bits per heavy atom. The molecule has 100 valence electrons. The number of rotatable bonds is 6. The van der Waals surface area contributed by atoms with Gasteiger partial charge in [0.2, 0.25) is 5.88 Å². The van der Waals surface area contributed by atoms with Crippen LogP contribution in [0.3, 0.4) is 0 Å². The lowest BCUT2D eigenvalue weighted by molar-refractivity contribution is 0.0380. The monoisotopic (exact) mass is 254 g/mol. The van der Waals surface area contributed by atoms with Gasteiger partial charge in [0.15, 0.2) is 0 Å². The molecule has 1 aromatic rings. The Kier molecular flexibility index (Phi) is 5.54. The van der Waals surface area contributed by atoms with Gasteiger partial charge >= 0.3 is 0 Å². The molecule has 6 heteroatoms. The number of carbonyl (C=O) groups is 1. The summed E-state index contributed by atoms with van der Waals surface area (Å²) < 4.78 is 9.72. The fraction of sp³-hybridized carbons (Fsp3) is 0.500. The molecule has 18 heavy (non-hydrogen) atoms. The fourth-order valence-corrected chi connectivity index (χ4v) is 1.49. The minimum absolute atomic E-state index is 0.193. The molecule has 6 nitrogen and oxygen atoms in total. The summed E-state index contributed by atoms with van der Waals surface area (Å²) in [7, 11) is 4.63. The zero-order chi connectivity index (χ0) is 13.5. The third-order valence-electron chi connectivity index (χ3n) is 2.38. The van der Waals surface area contributed by atoms with Crippen molar-refractivity contribution >= 4 is 5.91 Å². The lowest BCUT2D eigenvalue weighted by Crippen LogP contribution is -2.36. The Labute approximate surface area is 106 Å². The van der Waals surface area contributed by atoms with E-state index >= 15 is 0 Å². The van der Waals surface area contributed by atoms with Gasteiger partial charge in [-0.15, -0.1) is 0 Å². The molecule has 0 radical (unpaired) electrons. The predicted octanol–water partition coefficient (Wildman–Crippen LogP) is 0.169. The van der Waals surface area contributed by atoms with E-state index in [9.17, 15) is 9.90 Å². The number of likely N-dealkylation sites (N-methyl/N-ethyl adjacent to an activating group) is 1. The predicted molar refractivity (Wildman–Crippen MR) is 65.6 cm³/mol. The molecule has 0 aliphatic rings. The first-order chi connectivity index (χ1) is 8.58. The minimum Gasteiger partial charge on any atom is -0.481 e. The van der Waals surface area contributed by atoms with Gasteiger partial charge in [-0.2, -0.15) is 0 Å². The van der Waals surface area contributed by atoms with Crippen LogP contribution >= 0.6 is 0 Å². The zero-order valence-corrected chi connectivity index (χ0v) is 10.8.